The molecule has 0 amide bonds. The molecule has 104 valence electrons. The van der Waals surface area contributed by atoms with Gasteiger partial charge in [0, 0.05) is 18.2 Å². The molecule has 9 heteroatoms. The zero-order chi connectivity index (χ0) is 13.8. The van der Waals surface area contributed by atoms with Gasteiger partial charge in [0.2, 0.25) is 10.0 Å². The van der Waals surface area contributed by atoms with Crippen LogP contribution in [0.5, 0.6) is 0 Å². The van der Waals surface area contributed by atoms with Crippen LogP contribution in [0, 0.1) is 0 Å². The molecule has 1 rings (SSSR count). The van der Waals surface area contributed by atoms with Gasteiger partial charge in [-0.3, -0.25) is 9.82 Å². The average Bonchev–Trinajstić information content (AvgIpc) is 2.62. The molecule has 0 bridgehead atoms. The molecule has 0 aliphatic carbocycles. The van der Waals surface area contributed by atoms with Crippen LogP contribution >= 0.6 is 0 Å². The molecule has 0 fully saturated rings. The van der Waals surface area contributed by atoms with E-state index in [1.807, 2.05) is 6.92 Å². The highest BCUT2D eigenvalue weighted by Crippen LogP contribution is 2.21. The first-order chi connectivity index (χ1) is 8.22. The predicted octanol–water partition coefficient (Wildman–Crippen LogP) is 2.06. The molecule has 0 unspecified atom stereocenters. The first-order valence-corrected chi connectivity index (χ1v) is 6.98. The van der Waals surface area contributed by atoms with Crippen molar-refractivity contribution < 1.29 is 21.6 Å². The molecule has 0 saturated heterocycles. The molecule has 0 aliphatic heterocycles. The van der Waals surface area contributed by atoms with Crippen molar-refractivity contribution in [2.24, 2.45) is 0 Å². The molecule has 0 spiro atoms. The summed E-state index contributed by atoms with van der Waals surface area (Å²) in [5.74, 6) is -0.486. The Kier molecular flexibility index (Phi) is 4.60. The third kappa shape index (κ3) is 5.39. The third-order valence-corrected chi connectivity index (χ3v) is 3.49. The monoisotopic (exact) mass is 285 g/mol. The summed E-state index contributed by atoms with van der Waals surface area (Å²) in [7, 11) is -3.78. The Morgan fingerprint density at radius 1 is 1.44 bits per heavy atom. The van der Waals surface area contributed by atoms with Gasteiger partial charge in [-0.15, -0.1) is 0 Å². The quantitative estimate of drug-likeness (QED) is 0.840. The van der Waals surface area contributed by atoms with Gasteiger partial charge in [0.15, 0.2) is 5.82 Å². The first-order valence-electron chi connectivity index (χ1n) is 5.33. The Balaban J connectivity index is 2.49. The van der Waals surface area contributed by atoms with E-state index in [0.29, 0.717) is 6.42 Å². The normalized spacial score (nSPS) is 12.7. The lowest BCUT2D eigenvalue weighted by molar-refractivity contribution is -0.134. The van der Waals surface area contributed by atoms with E-state index in [1.54, 1.807) is 0 Å². The van der Waals surface area contributed by atoms with E-state index in [2.05, 4.69) is 14.9 Å². The van der Waals surface area contributed by atoms with E-state index in [1.165, 1.54) is 6.07 Å². The van der Waals surface area contributed by atoms with Gasteiger partial charge in [-0.2, -0.15) is 18.3 Å². The summed E-state index contributed by atoms with van der Waals surface area (Å²) in [5.41, 5.74) is 0.739. The van der Waals surface area contributed by atoms with Crippen LogP contribution in [0.2, 0.25) is 0 Å². The standard InChI is InChI=1S/C9H14F3N3O2S/c1-2-7-6-8(14-13-7)15-18(16,17)5-3-4-9(10,11)12/h6H,2-5H2,1H3,(H2,13,14,15). The van der Waals surface area contributed by atoms with Crippen LogP contribution in [-0.2, 0) is 16.4 Å². The van der Waals surface area contributed by atoms with E-state index in [4.69, 9.17) is 0 Å². The summed E-state index contributed by atoms with van der Waals surface area (Å²) in [4.78, 5) is 0. The maximum Gasteiger partial charge on any atom is 0.389 e. The number of aromatic nitrogens is 2. The molecule has 0 aromatic carbocycles. The highest BCUT2D eigenvalue weighted by molar-refractivity contribution is 7.92. The number of halogens is 3. The van der Waals surface area contributed by atoms with Crippen molar-refractivity contribution in [2.75, 3.05) is 10.5 Å². The summed E-state index contributed by atoms with van der Waals surface area (Å²) >= 11 is 0. The zero-order valence-corrected chi connectivity index (χ0v) is 10.5. The highest BCUT2D eigenvalue weighted by Gasteiger charge is 2.27. The number of anilines is 1. The third-order valence-electron chi connectivity index (χ3n) is 2.15. The molecular formula is C9H14F3N3O2S. The van der Waals surface area contributed by atoms with Crippen molar-refractivity contribution >= 4 is 15.8 Å². The van der Waals surface area contributed by atoms with Gasteiger partial charge in [0.05, 0.1) is 5.75 Å². The van der Waals surface area contributed by atoms with E-state index in [0.717, 1.165) is 5.69 Å². The van der Waals surface area contributed by atoms with Gasteiger partial charge in [-0.05, 0) is 12.8 Å². The predicted molar refractivity (Wildman–Crippen MR) is 60.7 cm³/mol. The molecule has 0 atom stereocenters. The van der Waals surface area contributed by atoms with Crippen molar-refractivity contribution in [2.45, 2.75) is 32.4 Å². The molecule has 1 aromatic rings. The summed E-state index contributed by atoms with van der Waals surface area (Å²) in [6.45, 7) is 1.86. The second-order valence-electron chi connectivity index (χ2n) is 3.77. The molecule has 0 aliphatic rings. The van der Waals surface area contributed by atoms with Crippen LogP contribution in [-0.4, -0.2) is 30.5 Å². The Bertz CT molecular complexity index is 481. The summed E-state index contributed by atoms with van der Waals surface area (Å²) in [6.07, 6.45) is -5.27. The fraction of sp³-hybridized carbons (Fsp3) is 0.667. The molecule has 0 radical (unpaired) electrons. The SMILES string of the molecule is CCc1cc(NS(=O)(=O)CCCC(F)(F)F)n[nH]1. The molecule has 1 heterocycles. The molecule has 0 saturated carbocycles. The number of hydrogen-bond acceptors (Lipinski definition) is 3. The lowest BCUT2D eigenvalue weighted by atomic mass is 10.3. The second kappa shape index (κ2) is 5.59. The van der Waals surface area contributed by atoms with Crippen molar-refractivity contribution in [3.8, 4) is 0 Å². The van der Waals surface area contributed by atoms with Gasteiger partial charge in [0.25, 0.3) is 0 Å². The van der Waals surface area contributed by atoms with Crippen molar-refractivity contribution in [1.82, 2.24) is 10.2 Å². The Morgan fingerprint density at radius 3 is 2.61 bits per heavy atom. The molecule has 1 aromatic heterocycles. The van der Waals surface area contributed by atoms with Gasteiger partial charge >= 0.3 is 6.18 Å². The number of rotatable bonds is 6. The van der Waals surface area contributed by atoms with Crippen LogP contribution in [0.15, 0.2) is 6.07 Å². The number of hydrogen-bond donors (Lipinski definition) is 2. The number of aryl methyl sites for hydroxylation is 1. The second-order valence-corrected chi connectivity index (χ2v) is 5.61. The summed E-state index contributed by atoms with van der Waals surface area (Å²) in [6, 6.07) is 1.50. The minimum Gasteiger partial charge on any atom is -0.280 e. The number of nitrogens with zero attached hydrogens (tertiary/aromatic N) is 1. The van der Waals surface area contributed by atoms with Crippen LogP contribution < -0.4 is 4.72 Å². The van der Waals surface area contributed by atoms with Gasteiger partial charge in [-0.1, -0.05) is 6.92 Å². The van der Waals surface area contributed by atoms with Crippen LogP contribution in [0.3, 0.4) is 0 Å². The largest absolute Gasteiger partial charge is 0.389 e. The topological polar surface area (TPSA) is 74.8 Å². The minimum absolute atomic E-state index is 0.0962. The highest BCUT2D eigenvalue weighted by atomic mass is 32.2. The Morgan fingerprint density at radius 2 is 2.11 bits per heavy atom. The van der Waals surface area contributed by atoms with Crippen LogP contribution in [0.25, 0.3) is 0 Å². The number of H-pyrrole nitrogens is 1. The Labute approximate surface area is 103 Å². The summed E-state index contributed by atoms with van der Waals surface area (Å²) in [5, 5.41) is 6.29. The lowest BCUT2D eigenvalue weighted by Gasteiger charge is -2.07. The average molecular weight is 285 g/mol. The first kappa shape index (κ1) is 14.8. The fourth-order valence-electron chi connectivity index (χ4n) is 1.27. The molecular weight excluding hydrogens is 271 g/mol. The van der Waals surface area contributed by atoms with E-state index >= 15 is 0 Å². The molecule has 5 nitrogen and oxygen atoms in total. The van der Waals surface area contributed by atoms with E-state index < -0.39 is 34.8 Å². The van der Waals surface area contributed by atoms with E-state index in [-0.39, 0.29) is 5.82 Å². The van der Waals surface area contributed by atoms with Crippen LogP contribution in [0.1, 0.15) is 25.5 Å². The van der Waals surface area contributed by atoms with Crippen molar-refractivity contribution in [3.05, 3.63) is 11.8 Å². The van der Waals surface area contributed by atoms with Crippen LogP contribution in [0.4, 0.5) is 19.0 Å². The zero-order valence-electron chi connectivity index (χ0n) is 9.71. The van der Waals surface area contributed by atoms with Gasteiger partial charge in [-0.25, -0.2) is 8.42 Å². The Hall–Kier alpha value is -1.25. The summed E-state index contributed by atoms with van der Waals surface area (Å²) < 4.78 is 60.6. The van der Waals surface area contributed by atoms with Crippen molar-refractivity contribution in [1.29, 1.82) is 0 Å². The maximum atomic E-state index is 11.9. The van der Waals surface area contributed by atoms with E-state index in [9.17, 15) is 21.6 Å². The number of aromatic amines is 1. The number of nitrogens with one attached hydrogen (secondary N) is 2. The lowest BCUT2D eigenvalue weighted by Crippen LogP contribution is -2.19. The van der Waals surface area contributed by atoms with Gasteiger partial charge in [0.1, 0.15) is 0 Å². The van der Waals surface area contributed by atoms with Gasteiger partial charge < -0.3 is 0 Å². The maximum absolute atomic E-state index is 11.9. The minimum atomic E-state index is -4.34. The molecule has 18 heavy (non-hydrogen) atoms. The molecule has 2 N–H and O–H groups in total. The fourth-order valence-corrected chi connectivity index (χ4v) is 2.32. The smallest absolute Gasteiger partial charge is 0.280 e. The van der Waals surface area contributed by atoms with Crippen molar-refractivity contribution in [3.63, 3.8) is 0 Å². The number of alkyl halides is 3. The number of sulfonamides is 1.